The van der Waals surface area contributed by atoms with Gasteiger partial charge < -0.3 is 15.5 Å². The van der Waals surface area contributed by atoms with Crippen molar-refractivity contribution in [2.24, 2.45) is 0 Å². The van der Waals surface area contributed by atoms with Crippen LogP contribution in [-0.2, 0) is 10.3 Å². The Kier molecular flexibility index (Phi) is 11.3. The molecule has 0 saturated carbocycles. The highest BCUT2D eigenvalue weighted by Crippen LogP contribution is 2.36. The highest BCUT2D eigenvalue weighted by Gasteiger charge is 2.34. The van der Waals surface area contributed by atoms with Crippen molar-refractivity contribution in [1.82, 2.24) is 5.32 Å². The van der Waals surface area contributed by atoms with E-state index in [4.69, 9.17) is 4.74 Å². The second kappa shape index (κ2) is 12.0. The Balaban J connectivity index is 0.00000264. The molecule has 0 spiro atoms. The minimum absolute atomic E-state index is 0. The lowest BCUT2D eigenvalue weighted by molar-refractivity contribution is -0.0171. The van der Waals surface area contributed by atoms with Crippen molar-refractivity contribution in [2.75, 3.05) is 19.7 Å². The van der Waals surface area contributed by atoms with E-state index in [1.54, 1.807) is 0 Å². The summed E-state index contributed by atoms with van der Waals surface area (Å²) < 4.78 is 6.32. The van der Waals surface area contributed by atoms with Crippen LogP contribution in [0.15, 0.2) is 73.3 Å². The molecular weight excluding hydrogens is 366 g/mol. The molecule has 0 aliphatic carbocycles. The number of ether oxygens (including phenoxy) is 1. The molecule has 0 amide bonds. The minimum atomic E-state index is -0.411. The van der Waals surface area contributed by atoms with Crippen molar-refractivity contribution in [3.05, 3.63) is 84.4 Å². The summed E-state index contributed by atoms with van der Waals surface area (Å²) in [5.74, 6) is 0. The lowest BCUT2D eigenvalue weighted by atomic mass is 9.83. The highest BCUT2D eigenvalue weighted by atomic mass is 79.9. The van der Waals surface area contributed by atoms with Gasteiger partial charge in [0.15, 0.2) is 0 Å². The van der Waals surface area contributed by atoms with Crippen LogP contribution in [0.4, 0.5) is 0 Å². The van der Waals surface area contributed by atoms with Crippen LogP contribution in [0.1, 0.15) is 24.5 Å². The van der Waals surface area contributed by atoms with Gasteiger partial charge >= 0.3 is 0 Å². The SMILES string of the molecule is Br.C=CCNCCC(OCC)(c1ccccc1)c1ccccc1.O. The van der Waals surface area contributed by atoms with E-state index in [1.165, 1.54) is 11.1 Å². The Morgan fingerprint density at radius 3 is 1.92 bits per heavy atom. The Hall–Kier alpha value is -1.46. The molecule has 2 aromatic carbocycles. The molecule has 3 nitrogen and oxygen atoms in total. The fourth-order valence-corrected chi connectivity index (χ4v) is 2.82. The third-order valence-corrected chi connectivity index (χ3v) is 3.81. The van der Waals surface area contributed by atoms with Gasteiger partial charge in [0, 0.05) is 13.2 Å². The number of rotatable bonds is 9. The predicted octanol–water partition coefficient (Wildman–Crippen LogP) is 3.89. The van der Waals surface area contributed by atoms with Gasteiger partial charge in [0.2, 0.25) is 0 Å². The first-order valence-electron chi connectivity index (χ1n) is 7.90. The molecule has 0 bridgehead atoms. The van der Waals surface area contributed by atoms with E-state index in [9.17, 15) is 0 Å². The van der Waals surface area contributed by atoms with Crippen molar-refractivity contribution in [3.63, 3.8) is 0 Å². The van der Waals surface area contributed by atoms with Crippen LogP contribution in [0.2, 0.25) is 0 Å². The average Bonchev–Trinajstić information content (AvgIpc) is 2.59. The van der Waals surface area contributed by atoms with E-state index >= 15 is 0 Å². The average molecular weight is 394 g/mol. The molecule has 0 aliphatic heterocycles. The Morgan fingerprint density at radius 2 is 1.50 bits per heavy atom. The number of halogens is 1. The van der Waals surface area contributed by atoms with E-state index in [2.05, 4.69) is 67.4 Å². The van der Waals surface area contributed by atoms with Crippen molar-refractivity contribution in [1.29, 1.82) is 0 Å². The summed E-state index contributed by atoms with van der Waals surface area (Å²) in [6.45, 7) is 8.16. The summed E-state index contributed by atoms with van der Waals surface area (Å²) in [4.78, 5) is 0. The Bertz CT molecular complexity index is 521. The standard InChI is InChI=1S/C20H25NO.BrH.H2O/c1-3-16-21-17-15-20(22-4-2,18-11-7-5-8-12-18)19-13-9-6-10-14-19;;/h3,5-14,21H,1,4,15-17H2,2H3;1H;1H2. The van der Waals surface area contributed by atoms with E-state index in [0.29, 0.717) is 6.61 Å². The van der Waals surface area contributed by atoms with E-state index in [-0.39, 0.29) is 22.5 Å². The molecule has 0 unspecified atom stereocenters. The lowest BCUT2D eigenvalue weighted by Gasteiger charge is -2.35. The van der Waals surface area contributed by atoms with Crippen molar-refractivity contribution >= 4 is 17.0 Å². The van der Waals surface area contributed by atoms with E-state index in [1.807, 2.05) is 18.2 Å². The molecule has 2 aromatic rings. The molecule has 0 aliphatic rings. The van der Waals surface area contributed by atoms with Gasteiger partial charge in [-0.25, -0.2) is 0 Å². The monoisotopic (exact) mass is 393 g/mol. The molecule has 0 aromatic heterocycles. The molecular formula is C20H28BrNO2. The van der Waals surface area contributed by atoms with Gasteiger partial charge in [0.25, 0.3) is 0 Å². The van der Waals surface area contributed by atoms with E-state index in [0.717, 1.165) is 19.5 Å². The van der Waals surface area contributed by atoms with Gasteiger partial charge in [-0.15, -0.1) is 23.6 Å². The summed E-state index contributed by atoms with van der Waals surface area (Å²) in [5.41, 5.74) is 1.98. The normalized spacial score (nSPS) is 10.4. The zero-order valence-corrected chi connectivity index (χ0v) is 15.9. The third kappa shape index (κ3) is 5.56. The van der Waals surface area contributed by atoms with Gasteiger partial charge in [0.1, 0.15) is 5.60 Å². The number of hydrogen-bond acceptors (Lipinski definition) is 2. The second-order valence-electron chi connectivity index (χ2n) is 5.23. The Labute approximate surface area is 155 Å². The number of nitrogens with one attached hydrogen (secondary N) is 1. The fourth-order valence-electron chi connectivity index (χ4n) is 2.82. The largest absolute Gasteiger partial charge is 0.412 e. The zero-order chi connectivity index (χ0) is 15.7. The van der Waals surface area contributed by atoms with Crippen molar-refractivity contribution in [2.45, 2.75) is 18.9 Å². The van der Waals surface area contributed by atoms with Crippen molar-refractivity contribution < 1.29 is 10.2 Å². The molecule has 3 N–H and O–H groups in total. The summed E-state index contributed by atoms with van der Waals surface area (Å²) in [6, 6.07) is 21.0. The van der Waals surface area contributed by atoms with Gasteiger partial charge in [-0.05, 0) is 31.0 Å². The Morgan fingerprint density at radius 1 is 1.00 bits per heavy atom. The van der Waals surface area contributed by atoms with Crippen LogP contribution in [-0.4, -0.2) is 25.2 Å². The van der Waals surface area contributed by atoms with Gasteiger partial charge in [0.05, 0.1) is 0 Å². The molecule has 0 radical (unpaired) electrons. The van der Waals surface area contributed by atoms with Gasteiger partial charge in [-0.1, -0.05) is 66.7 Å². The van der Waals surface area contributed by atoms with Crippen LogP contribution in [0.5, 0.6) is 0 Å². The summed E-state index contributed by atoms with van der Waals surface area (Å²) in [7, 11) is 0. The molecule has 2 rings (SSSR count). The minimum Gasteiger partial charge on any atom is -0.412 e. The van der Waals surface area contributed by atoms with Crippen LogP contribution >= 0.6 is 17.0 Å². The van der Waals surface area contributed by atoms with Crippen LogP contribution in [0, 0.1) is 0 Å². The maximum absolute atomic E-state index is 6.32. The molecule has 0 fully saturated rings. The molecule has 24 heavy (non-hydrogen) atoms. The smallest absolute Gasteiger partial charge is 0.119 e. The topological polar surface area (TPSA) is 52.8 Å². The quantitative estimate of drug-likeness (QED) is 0.518. The molecule has 0 atom stereocenters. The maximum atomic E-state index is 6.32. The van der Waals surface area contributed by atoms with Crippen LogP contribution < -0.4 is 5.32 Å². The first-order valence-corrected chi connectivity index (χ1v) is 7.90. The molecule has 0 heterocycles. The van der Waals surface area contributed by atoms with E-state index < -0.39 is 5.60 Å². The summed E-state index contributed by atoms with van der Waals surface area (Å²) in [6.07, 6.45) is 2.76. The van der Waals surface area contributed by atoms with Crippen molar-refractivity contribution in [3.8, 4) is 0 Å². The number of hydrogen-bond donors (Lipinski definition) is 1. The second-order valence-corrected chi connectivity index (χ2v) is 5.23. The van der Waals surface area contributed by atoms with Crippen LogP contribution in [0.3, 0.4) is 0 Å². The fraction of sp³-hybridized carbons (Fsp3) is 0.300. The molecule has 4 heteroatoms. The first kappa shape index (κ1) is 22.5. The number of benzene rings is 2. The zero-order valence-electron chi connectivity index (χ0n) is 14.2. The maximum Gasteiger partial charge on any atom is 0.119 e. The van der Waals surface area contributed by atoms with Crippen LogP contribution in [0.25, 0.3) is 0 Å². The lowest BCUT2D eigenvalue weighted by Crippen LogP contribution is -2.35. The first-order chi connectivity index (χ1) is 10.8. The molecule has 132 valence electrons. The third-order valence-electron chi connectivity index (χ3n) is 3.81. The van der Waals surface area contributed by atoms with Gasteiger partial charge in [-0.2, -0.15) is 0 Å². The predicted molar refractivity (Wildman–Crippen MR) is 107 cm³/mol. The highest BCUT2D eigenvalue weighted by molar-refractivity contribution is 8.93. The summed E-state index contributed by atoms with van der Waals surface area (Å²) >= 11 is 0. The molecule has 0 saturated heterocycles. The van der Waals surface area contributed by atoms with Gasteiger partial charge in [-0.3, -0.25) is 0 Å². The summed E-state index contributed by atoms with van der Waals surface area (Å²) in [5, 5.41) is 3.39.